The number of hydrogen-bond acceptors (Lipinski definition) is 4. The minimum absolute atomic E-state index is 0.155. The first kappa shape index (κ1) is 14.9. The van der Waals surface area contributed by atoms with Gasteiger partial charge in [0.15, 0.2) is 0 Å². The number of benzene rings is 1. The lowest BCUT2D eigenvalue weighted by molar-refractivity contribution is -0.139. The third-order valence-corrected chi connectivity index (χ3v) is 2.71. The molecular formula is C12H12F3N5O. The molecule has 4 N–H and O–H groups in total. The van der Waals surface area contributed by atoms with Crippen LogP contribution in [0, 0.1) is 5.41 Å². The lowest BCUT2D eigenvalue weighted by atomic mass is 10.1. The van der Waals surface area contributed by atoms with Crippen LogP contribution in [0.1, 0.15) is 11.1 Å². The zero-order chi connectivity index (χ0) is 15.6. The van der Waals surface area contributed by atoms with Gasteiger partial charge in [0.1, 0.15) is 0 Å². The maximum Gasteiger partial charge on any atom is 0.416 e. The van der Waals surface area contributed by atoms with Gasteiger partial charge in [0.05, 0.1) is 30.2 Å². The SMILES string of the molecule is N=C(N(O)Cc1ccccc1C(F)(F)F)n1cc(N)cn1. The van der Waals surface area contributed by atoms with Crippen molar-refractivity contribution in [2.45, 2.75) is 12.7 Å². The summed E-state index contributed by atoms with van der Waals surface area (Å²) in [7, 11) is 0. The standard InChI is InChI=1S/C12H12F3N5O/c13-12(14,15)10-4-2-1-3-8(10)6-20(21)11(17)19-7-9(16)5-18-19/h1-5,7,17,21H,6,16H2. The van der Waals surface area contributed by atoms with E-state index in [4.69, 9.17) is 11.1 Å². The minimum atomic E-state index is -4.53. The molecule has 6 nitrogen and oxygen atoms in total. The lowest BCUT2D eigenvalue weighted by Gasteiger charge is -2.19. The summed E-state index contributed by atoms with van der Waals surface area (Å²) in [5, 5.41) is 21.5. The molecule has 0 aliphatic carbocycles. The summed E-state index contributed by atoms with van der Waals surface area (Å²) < 4.78 is 39.5. The predicted octanol–water partition coefficient (Wildman–Crippen LogP) is 2.16. The molecule has 0 unspecified atom stereocenters. The summed E-state index contributed by atoms with van der Waals surface area (Å²) in [5.74, 6) is -0.510. The summed E-state index contributed by atoms with van der Waals surface area (Å²) in [6.07, 6.45) is -2.01. The van der Waals surface area contributed by atoms with Crippen LogP contribution in [0.4, 0.5) is 18.9 Å². The van der Waals surface area contributed by atoms with E-state index in [0.29, 0.717) is 5.06 Å². The molecule has 21 heavy (non-hydrogen) atoms. The Morgan fingerprint density at radius 1 is 1.38 bits per heavy atom. The van der Waals surface area contributed by atoms with Gasteiger partial charge in [-0.2, -0.15) is 18.3 Å². The van der Waals surface area contributed by atoms with Crippen molar-refractivity contribution in [3.05, 3.63) is 47.8 Å². The molecule has 2 rings (SSSR count). The number of anilines is 1. The Kier molecular flexibility index (Phi) is 3.85. The molecule has 1 aromatic heterocycles. The molecule has 0 amide bonds. The van der Waals surface area contributed by atoms with Crippen molar-refractivity contribution in [2.24, 2.45) is 0 Å². The van der Waals surface area contributed by atoms with Crippen molar-refractivity contribution in [1.29, 1.82) is 5.41 Å². The molecule has 0 radical (unpaired) electrons. The average molecular weight is 299 g/mol. The molecule has 0 aliphatic rings. The van der Waals surface area contributed by atoms with Gasteiger partial charge in [-0.3, -0.25) is 10.6 Å². The highest BCUT2D eigenvalue weighted by molar-refractivity contribution is 5.77. The highest BCUT2D eigenvalue weighted by Gasteiger charge is 2.33. The van der Waals surface area contributed by atoms with Crippen LogP contribution in [0.3, 0.4) is 0 Å². The third-order valence-electron chi connectivity index (χ3n) is 2.71. The number of aromatic nitrogens is 2. The van der Waals surface area contributed by atoms with E-state index in [1.807, 2.05) is 0 Å². The largest absolute Gasteiger partial charge is 0.416 e. The molecule has 0 bridgehead atoms. The van der Waals surface area contributed by atoms with Crippen LogP contribution in [0.2, 0.25) is 0 Å². The molecular weight excluding hydrogens is 287 g/mol. The second-order valence-electron chi connectivity index (χ2n) is 4.25. The zero-order valence-corrected chi connectivity index (χ0v) is 10.7. The van der Waals surface area contributed by atoms with Crippen LogP contribution in [-0.4, -0.2) is 26.0 Å². The van der Waals surface area contributed by atoms with Gasteiger partial charge >= 0.3 is 6.18 Å². The summed E-state index contributed by atoms with van der Waals surface area (Å²) in [4.78, 5) is 0. The van der Waals surface area contributed by atoms with Gasteiger partial charge < -0.3 is 5.73 Å². The number of rotatable bonds is 2. The van der Waals surface area contributed by atoms with Gasteiger partial charge in [-0.05, 0) is 11.6 Å². The second-order valence-corrected chi connectivity index (χ2v) is 4.25. The monoisotopic (exact) mass is 299 g/mol. The second kappa shape index (κ2) is 5.44. The van der Waals surface area contributed by atoms with Gasteiger partial charge in [-0.15, -0.1) is 0 Å². The molecule has 0 saturated heterocycles. The molecule has 0 fully saturated rings. The van der Waals surface area contributed by atoms with Gasteiger partial charge in [0.2, 0.25) is 5.96 Å². The van der Waals surface area contributed by atoms with E-state index in [1.54, 1.807) is 0 Å². The number of alkyl halides is 3. The lowest BCUT2D eigenvalue weighted by Crippen LogP contribution is -2.33. The molecule has 0 aliphatic heterocycles. The van der Waals surface area contributed by atoms with E-state index < -0.39 is 24.2 Å². The van der Waals surface area contributed by atoms with Crippen LogP contribution in [0.25, 0.3) is 0 Å². The smallest absolute Gasteiger partial charge is 0.396 e. The number of nitrogens with two attached hydrogens (primary N) is 1. The van der Waals surface area contributed by atoms with E-state index >= 15 is 0 Å². The van der Waals surface area contributed by atoms with Gasteiger partial charge in [0, 0.05) is 0 Å². The van der Waals surface area contributed by atoms with Crippen molar-refractivity contribution in [3.63, 3.8) is 0 Å². The fraction of sp³-hybridized carbons (Fsp3) is 0.167. The first-order valence-electron chi connectivity index (χ1n) is 5.79. The molecule has 1 aromatic carbocycles. The minimum Gasteiger partial charge on any atom is -0.396 e. The number of halogens is 3. The average Bonchev–Trinajstić information content (AvgIpc) is 2.84. The van der Waals surface area contributed by atoms with Crippen LogP contribution < -0.4 is 5.73 Å². The maximum absolute atomic E-state index is 12.8. The van der Waals surface area contributed by atoms with Crippen molar-refractivity contribution in [1.82, 2.24) is 14.8 Å². The Labute approximate surface area is 117 Å². The number of nitrogens with zero attached hydrogens (tertiary/aromatic N) is 3. The van der Waals surface area contributed by atoms with E-state index in [1.165, 1.54) is 30.6 Å². The summed E-state index contributed by atoms with van der Waals surface area (Å²) in [6, 6.07) is 4.83. The highest BCUT2D eigenvalue weighted by Crippen LogP contribution is 2.32. The first-order chi connectivity index (χ1) is 9.79. The van der Waals surface area contributed by atoms with Crippen LogP contribution in [0.15, 0.2) is 36.7 Å². The number of nitrogen functional groups attached to an aromatic ring is 1. The van der Waals surface area contributed by atoms with E-state index in [9.17, 15) is 18.4 Å². The number of nitrogens with one attached hydrogen (secondary N) is 1. The molecule has 1 heterocycles. The quantitative estimate of drug-likeness (QED) is 0.450. The van der Waals surface area contributed by atoms with Crippen molar-refractivity contribution in [2.75, 3.05) is 5.73 Å². The number of hydrogen-bond donors (Lipinski definition) is 3. The topological polar surface area (TPSA) is 91.2 Å². The zero-order valence-electron chi connectivity index (χ0n) is 10.7. The van der Waals surface area contributed by atoms with Gasteiger partial charge in [-0.25, -0.2) is 9.75 Å². The number of hydroxylamine groups is 2. The Morgan fingerprint density at radius 3 is 2.62 bits per heavy atom. The van der Waals surface area contributed by atoms with Crippen LogP contribution in [0.5, 0.6) is 0 Å². The van der Waals surface area contributed by atoms with Crippen molar-refractivity contribution < 1.29 is 18.4 Å². The summed E-state index contributed by atoms with van der Waals surface area (Å²) >= 11 is 0. The summed E-state index contributed by atoms with van der Waals surface area (Å²) in [5.41, 5.74) is 4.67. The van der Waals surface area contributed by atoms with E-state index in [0.717, 1.165) is 10.7 Å². The fourth-order valence-corrected chi connectivity index (χ4v) is 1.74. The maximum atomic E-state index is 12.8. The van der Waals surface area contributed by atoms with Gasteiger partial charge in [0.25, 0.3) is 0 Å². The van der Waals surface area contributed by atoms with Crippen molar-refractivity contribution >= 4 is 11.6 Å². The van der Waals surface area contributed by atoms with E-state index in [-0.39, 0.29) is 11.3 Å². The fourth-order valence-electron chi connectivity index (χ4n) is 1.74. The molecule has 2 aromatic rings. The highest BCUT2D eigenvalue weighted by atomic mass is 19.4. The molecule has 112 valence electrons. The summed E-state index contributed by atoms with van der Waals surface area (Å²) in [6.45, 7) is -0.506. The van der Waals surface area contributed by atoms with Crippen molar-refractivity contribution in [3.8, 4) is 0 Å². The molecule has 0 saturated carbocycles. The molecule has 0 spiro atoms. The van der Waals surface area contributed by atoms with Crippen LogP contribution >= 0.6 is 0 Å². The van der Waals surface area contributed by atoms with Gasteiger partial charge in [-0.1, -0.05) is 18.2 Å². The Morgan fingerprint density at radius 2 is 2.05 bits per heavy atom. The molecule has 9 heteroatoms. The Balaban J connectivity index is 2.20. The normalized spacial score (nSPS) is 11.4. The predicted molar refractivity (Wildman–Crippen MR) is 68.5 cm³/mol. The third kappa shape index (κ3) is 3.31. The first-order valence-corrected chi connectivity index (χ1v) is 5.79. The molecule has 0 atom stereocenters. The van der Waals surface area contributed by atoms with Crippen LogP contribution in [-0.2, 0) is 12.7 Å². The Bertz CT molecular complexity index is 652. The van der Waals surface area contributed by atoms with E-state index in [2.05, 4.69) is 5.10 Å². The Hall–Kier alpha value is -2.55.